The van der Waals surface area contributed by atoms with Crippen molar-refractivity contribution in [1.82, 2.24) is 4.90 Å². The first-order valence-electron chi connectivity index (χ1n) is 8.72. The van der Waals surface area contributed by atoms with E-state index in [1.165, 1.54) is 16.0 Å². The Morgan fingerprint density at radius 1 is 1.04 bits per heavy atom. The lowest BCUT2D eigenvalue weighted by molar-refractivity contribution is -0.129. The molecule has 2 aromatic rings. The van der Waals surface area contributed by atoms with E-state index in [0.717, 1.165) is 32.4 Å². The van der Waals surface area contributed by atoms with Crippen LogP contribution < -0.4 is 0 Å². The van der Waals surface area contributed by atoms with Crippen molar-refractivity contribution in [2.45, 2.75) is 31.1 Å². The minimum atomic E-state index is 0.277. The Morgan fingerprint density at radius 2 is 1.71 bits per heavy atom. The zero-order chi connectivity index (χ0) is 16.8. The van der Waals surface area contributed by atoms with Crippen molar-refractivity contribution in [3.63, 3.8) is 0 Å². The molecule has 1 fully saturated rings. The predicted molar refractivity (Wildman–Crippen MR) is 101 cm³/mol. The minimum absolute atomic E-state index is 0.277. The lowest BCUT2D eigenvalue weighted by Crippen LogP contribution is -2.39. The van der Waals surface area contributed by atoms with Crippen molar-refractivity contribution in [1.29, 1.82) is 0 Å². The first kappa shape index (κ1) is 17.1. The van der Waals surface area contributed by atoms with Gasteiger partial charge in [0.15, 0.2) is 0 Å². The van der Waals surface area contributed by atoms with Gasteiger partial charge in [-0.3, -0.25) is 4.79 Å². The van der Waals surface area contributed by atoms with Gasteiger partial charge in [-0.05, 0) is 49.8 Å². The van der Waals surface area contributed by atoms with E-state index < -0.39 is 0 Å². The third kappa shape index (κ3) is 4.88. The van der Waals surface area contributed by atoms with Crippen LogP contribution in [0.25, 0.3) is 0 Å². The summed E-state index contributed by atoms with van der Waals surface area (Å²) in [5, 5.41) is 0. The number of aryl methyl sites for hydroxylation is 1. The fourth-order valence-corrected chi connectivity index (χ4v) is 4.01. The van der Waals surface area contributed by atoms with Crippen LogP contribution in [0.3, 0.4) is 0 Å². The molecule has 126 valence electrons. The molecule has 0 saturated carbocycles. The zero-order valence-corrected chi connectivity index (χ0v) is 15.1. The first-order chi connectivity index (χ1) is 11.7. The molecule has 2 aromatic carbocycles. The average Bonchev–Trinajstić information content (AvgIpc) is 2.62. The number of carbonyl (C=O) groups excluding carboxylic acids is 1. The molecule has 0 bridgehead atoms. The van der Waals surface area contributed by atoms with Crippen LogP contribution in [0.4, 0.5) is 0 Å². The lowest BCUT2D eigenvalue weighted by atomic mass is 9.90. The number of thioether (sulfide) groups is 1. The zero-order valence-electron chi connectivity index (χ0n) is 14.3. The van der Waals surface area contributed by atoms with E-state index in [-0.39, 0.29) is 5.91 Å². The van der Waals surface area contributed by atoms with E-state index in [2.05, 4.69) is 61.5 Å². The lowest BCUT2D eigenvalue weighted by Gasteiger charge is -2.32. The molecule has 1 amide bonds. The van der Waals surface area contributed by atoms with Crippen molar-refractivity contribution >= 4 is 17.7 Å². The second-order valence-corrected chi connectivity index (χ2v) is 7.66. The quantitative estimate of drug-likeness (QED) is 0.744. The summed E-state index contributed by atoms with van der Waals surface area (Å²) < 4.78 is 0. The van der Waals surface area contributed by atoms with Crippen LogP contribution >= 0.6 is 11.8 Å². The molecule has 3 heteroatoms. The molecular formula is C21H25NOS. The normalized spacial score (nSPS) is 15.5. The highest BCUT2D eigenvalue weighted by molar-refractivity contribution is 8.00. The van der Waals surface area contributed by atoms with E-state index >= 15 is 0 Å². The van der Waals surface area contributed by atoms with Crippen LogP contribution in [-0.4, -0.2) is 29.6 Å². The molecule has 0 spiro atoms. The van der Waals surface area contributed by atoms with E-state index in [1.807, 2.05) is 4.90 Å². The highest BCUT2D eigenvalue weighted by Gasteiger charge is 2.22. The van der Waals surface area contributed by atoms with Crippen molar-refractivity contribution in [2.24, 2.45) is 5.92 Å². The second kappa shape index (κ2) is 8.39. The number of carbonyl (C=O) groups is 1. The highest BCUT2D eigenvalue weighted by atomic mass is 32.2. The van der Waals surface area contributed by atoms with Gasteiger partial charge < -0.3 is 4.90 Å². The number of nitrogens with zero attached hydrogens (tertiary/aromatic N) is 1. The van der Waals surface area contributed by atoms with Gasteiger partial charge in [0.2, 0.25) is 5.91 Å². The molecular weight excluding hydrogens is 314 g/mol. The molecule has 0 N–H and O–H groups in total. The largest absolute Gasteiger partial charge is 0.342 e. The molecule has 0 unspecified atom stereocenters. The van der Waals surface area contributed by atoms with Crippen LogP contribution in [0, 0.1) is 12.8 Å². The molecule has 0 aliphatic carbocycles. The van der Waals surface area contributed by atoms with Gasteiger partial charge in [-0.15, -0.1) is 11.8 Å². The number of hydrogen-bond acceptors (Lipinski definition) is 2. The Morgan fingerprint density at radius 3 is 2.38 bits per heavy atom. The Hall–Kier alpha value is -1.74. The third-order valence-electron chi connectivity index (χ3n) is 4.72. The van der Waals surface area contributed by atoms with Crippen molar-refractivity contribution in [3.05, 3.63) is 65.7 Å². The maximum atomic E-state index is 12.4. The molecule has 2 nitrogen and oxygen atoms in total. The van der Waals surface area contributed by atoms with Gasteiger partial charge in [-0.1, -0.05) is 48.0 Å². The highest BCUT2D eigenvalue weighted by Crippen LogP contribution is 2.23. The Kier molecular flexibility index (Phi) is 5.97. The van der Waals surface area contributed by atoms with Crippen LogP contribution in [-0.2, 0) is 11.2 Å². The third-order valence-corrected chi connectivity index (χ3v) is 5.71. The second-order valence-electron chi connectivity index (χ2n) is 6.62. The van der Waals surface area contributed by atoms with Gasteiger partial charge in [0, 0.05) is 18.0 Å². The van der Waals surface area contributed by atoms with E-state index in [4.69, 9.17) is 0 Å². The molecule has 0 radical (unpaired) electrons. The van der Waals surface area contributed by atoms with Crippen molar-refractivity contribution in [2.75, 3.05) is 18.8 Å². The number of rotatable bonds is 5. The van der Waals surface area contributed by atoms with Gasteiger partial charge in [-0.25, -0.2) is 0 Å². The number of hydrogen-bond donors (Lipinski definition) is 0. The van der Waals surface area contributed by atoms with Gasteiger partial charge in [0.25, 0.3) is 0 Å². The number of piperidine rings is 1. The molecule has 1 saturated heterocycles. The fourth-order valence-electron chi connectivity index (χ4n) is 3.20. The summed E-state index contributed by atoms with van der Waals surface area (Å²) in [6.45, 7) is 3.90. The van der Waals surface area contributed by atoms with Gasteiger partial charge >= 0.3 is 0 Å². The van der Waals surface area contributed by atoms with Crippen molar-refractivity contribution in [3.8, 4) is 0 Å². The predicted octanol–water partition coefficient (Wildman–Crippen LogP) is 4.57. The molecule has 1 aliphatic heterocycles. The molecule has 24 heavy (non-hydrogen) atoms. The Balaban J connectivity index is 1.42. The monoisotopic (exact) mass is 339 g/mol. The first-order valence-corrected chi connectivity index (χ1v) is 9.70. The number of benzene rings is 2. The molecule has 3 rings (SSSR count). The van der Waals surface area contributed by atoms with E-state index in [9.17, 15) is 4.79 Å². The molecule has 0 atom stereocenters. The van der Waals surface area contributed by atoms with Crippen LogP contribution in [0.15, 0.2) is 59.5 Å². The van der Waals surface area contributed by atoms with Crippen molar-refractivity contribution < 1.29 is 4.79 Å². The smallest absolute Gasteiger partial charge is 0.232 e. The fraction of sp³-hybridized carbons (Fsp3) is 0.381. The molecule has 0 aromatic heterocycles. The average molecular weight is 340 g/mol. The van der Waals surface area contributed by atoms with Gasteiger partial charge in [0.05, 0.1) is 5.75 Å². The van der Waals surface area contributed by atoms with Crippen LogP contribution in [0.2, 0.25) is 0 Å². The number of amides is 1. The topological polar surface area (TPSA) is 20.3 Å². The Bertz CT molecular complexity index is 645. The van der Waals surface area contributed by atoms with E-state index in [0.29, 0.717) is 11.7 Å². The van der Waals surface area contributed by atoms with Gasteiger partial charge in [-0.2, -0.15) is 0 Å². The maximum absolute atomic E-state index is 12.4. The number of likely N-dealkylation sites (tertiary alicyclic amines) is 1. The minimum Gasteiger partial charge on any atom is -0.342 e. The summed E-state index contributed by atoms with van der Waals surface area (Å²) in [6, 6.07) is 19.1. The standard InChI is InChI=1S/C21H25NOS/c1-17-7-9-20(10-8-17)24-16-21(23)22-13-11-19(12-14-22)15-18-5-3-2-4-6-18/h2-10,19H,11-16H2,1H3. The molecule has 1 heterocycles. The summed E-state index contributed by atoms with van der Waals surface area (Å²) in [5.74, 6) is 1.53. The van der Waals surface area contributed by atoms with Crippen LogP contribution in [0.5, 0.6) is 0 Å². The van der Waals surface area contributed by atoms with Crippen LogP contribution in [0.1, 0.15) is 24.0 Å². The van der Waals surface area contributed by atoms with E-state index in [1.54, 1.807) is 11.8 Å². The molecule has 1 aliphatic rings. The summed E-state index contributed by atoms with van der Waals surface area (Å²) in [4.78, 5) is 15.6. The Labute approximate surface area is 149 Å². The summed E-state index contributed by atoms with van der Waals surface area (Å²) >= 11 is 1.64. The SMILES string of the molecule is Cc1ccc(SCC(=O)N2CCC(Cc3ccccc3)CC2)cc1. The summed E-state index contributed by atoms with van der Waals surface area (Å²) in [6.07, 6.45) is 3.38. The maximum Gasteiger partial charge on any atom is 0.232 e. The summed E-state index contributed by atoms with van der Waals surface area (Å²) in [7, 11) is 0. The van der Waals surface area contributed by atoms with Gasteiger partial charge in [0.1, 0.15) is 0 Å². The summed E-state index contributed by atoms with van der Waals surface area (Å²) in [5.41, 5.74) is 2.67.